The molecule has 1 aliphatic heterocycles. The first-order valence-electron chi connectivity index (χ1n) is 10.6. The molecular weight excluding hydrogens is 390 g/mol. The summed E-state index contributed by atoms with van der Waals surface area (Å²) in [5.41, 5.74) is 12.1. The van der Waals surface area contributed by atoms with Crippen LogP contribution in [-0.4, -0.2) is 47.0 Å². The second-order valence-corrected chi connectivity index (χ2v) is 7.70. The normalized spacial score (nSPS) is 13.9. The highest BCUT2D eigenvalue weighted by Crippen LogP contribution is 2.26. The first-order chi connectivity index (χ1) is 15.1. The topological polar surface area (TPSA) is 94.2 Å². The molecule has 4 rings (SSSR count). The maximum Gasteiger partial charge on any atom is 0.189 e. The van der Waals surface area contributed by atoms with E-state index in [1.807, 2.05) is 19.1 Å². The molecule has 3 heterocycles. The summed E-state index contributed by atoms with van der Waals surface area (Å²) in [6, 6.07) is 8.18. The zero-order valence-corrected chi connectivity index (χ0v) is 18.0. The van der Waals surface area contributed by atoms with Crippen LogP contribution in [0.25, 0.3) is 11.3 Å². The van der Waals surface area contributed by atoms with Crippen molar-refractivity contribution in [1.82, 2.24) is 15.0 Å². The molecule has 0 radical (unpaired) electrons. The molecule has 1 aliphatic rings. The number of rotatable bonds is 6. The van der Waals surface area contributed by atoms with Crippen molar-refractivity contribution in [1.29, 1.82) is 0 Å². The number of morpholine rings is 1. The zero-order chi connectivity index (χ0) is 21.8. The third-order valence-electron chi connectivity index (χ3n) is 5.62. The quantitative estimate of drug-likeness (QED) is 0.615. The molecule has 1 saturated heterocycles. The summed E-state index contributed by atoms with van der Waals surface area (Å²) in [7, 11) is 0. The van der Waals surface area contributed by atoms with Crippen molar-refractivity contribution in [2.75, 3.05) is 36.9 Å². The summed E-state index contributed by atoms with van der Waals surface area (Å²) in [6.07, 6.45) is 6.24. The molecule has 0 unspecified atom stereocenters. The van der Waals surface area contributed by atoms with Crippen molar-refractivity contribution in [2.24, 2.45) is 0 Å². The van der Waals surface area contributed by atoms with Crippen molar-refractivity contribution in [2.45, 2.75) is 26.7 Å². The Hall–Kier alpha value is -3.32. The first-order valence-corrected chi connectivity index (χ1v) is 10.6. The molecule has 31 heavy (non-hydrogen) atoms. The fourth-order valence-corrected chi connectivity index (χ4v) is 3.89. The molecular formula is C24H27N5O2. The number of hydrogen-bond donors (Lipinski definition) is 1. The van der Waals surface area contributed by atoms with E-state index in [0.29, 0.717) is 18.9 Å². The van der Waals surface area contributed by atoms with Gasteiger partial charge in [-0.2, -0.15) is 0 Å². The van der Waals surface area contributed by atoms with Crippen LogP contribution in [0.15, 0.2) is 42.9 Å². The Bertz CT molecular complexity index is 1090. The molecule has 0 atom stereocenters. The molecule has 3 aromatic rings. The Balaban J connectivity index is 1.62. The number of ether oxygens (including phenoxy) is 1. The summed E-state index contributed by atoms with van der Waals surface area (Å²) in [5.74, 6) is -0.0226. The fourth-order valence-electron chi connectivity index (χ4n) is 3.89. The molecule has 7 heteroatoms. The van der Waals surface area contributed by atoms with Gasteiger partial charge >= 0.3 is 0 Å². The van der Waals surface area contributed by atoms with Crippen molar-refractivity contribution < 1.29 is 9.53 Å². The fraction of sp³-hybridized carbons (Fsp3) is 0.333. The zero-order valence-electron chi connectivity index (χ0n) is 18.0. The number of anilines is 2. The third-order valence-corrected chi connectivity index (χ3v) is 5.62. The van der Waals surface area contributed by atoms with Gasteiger partial charge < -0.3 is 15.4 Å². The Morgan fingerprint density at radius 2 is 2.00 bits per heavy atom. The summed E-state index contributed by atoms with van der Waals surface area (Å²) in [4.78, 5) is 28.5. The van der Waals surface area contributed by atoms with Crippen LogP contribution in [0, 0.1) is 6.92 Å². The van der Waals surface area contributed by atoms with E-state index in [2.05, 4.69) is 38.9 Å². The smallest absolute Gasteiger partial charge is 0.189 e. The van der Waals surface area contributed by atoms with Crippen molar-refractivity contribution in [3.8, 4) is 11.3 Å². The molecule has 0 amide bonds. The van der Waals surface area contributed by atoms with Gasteiger partial charge in [0.25, 0.3) is 0 Å². The van der Waals surface area contributed by atoms with E-state index in [1.54, 1.807) is 18.6 Å². The van der Waals surface area contributed by atoms with Gasteiger partial charge in [-0.15, -0.1) is 0 Å². The van der Waals surface area contributed by atoms with E-state index in [0.717, 1.165) is 41.9 Å². The Labute approximate surface area is 182 Å². The lowest BCUT2D eigenvalue weighted by atomic mass is 10.0. The summed E-state index contributed by atoms with van der Waals surface area (Å²) < 4.78 is 5.45. The third kappa shape index (κ3) is 4.56. The Kier molecular flexibility index (Phi) is 6.23. The number of nitrogen functional groups attached to an aromatic ring is 1. The van der Waals surface area contributed by atoms with Crippen LogP contribution in [0.5, 0.6) is 0 Å². The number of carbonyl (C=O) groups is 1. The molecule has 2 N–H and O–H groups in total. The molecule has 0 bridgehead atoms. The van der Waals surface area contributed by atoms with Crippen LogP contribution in [0.3, 0.4) is 0 Å². The molecule has 160 valence electrons. The van der Waals surface area contributed by atoms with Gasteiger partial charge in [0.05, 0.1) is 25.1 Å². The predicted molar refractivity (Wildman–Crippen MR) is 121 cm³/mol. The second kappa shape index (κ2) is 9.22. The largest absolute Gasteiger partial charge is 0.382 e. The van der Waals surface area contributed by atoms with E-state index in [1.165, 1.54) is 5.56 Å². The van der Waals surface area contributed by atoms with Gasteiger partial charge in [-0.3, -0.25) is 9.78 Å². The number of benzene rings is 1. The standard InChI is InChI=1S/C24H27N5O2/c1-3-17-4-5-19(16(2)12-17)20-15-27-24(25)23(28-20)22(30)13-18-14-26-7-6-21(18)29-8-10-31-11-9-29/h4-7,12,14-15H,3,8-11,13H2,1-2H3,(H2,25,27). The van der Waals surface area contributed by atoms with Crippen LogP contribution in [0.4, 0.5) is 11.5 Å². The van der Waals surface area contributed by atoms with E-state index in [4.69, 9.17) is 10.5 Å². The summed E-state index contributed by atoms with van der Waals surface area (Å²) in [6.45, 7) is 7.08. The number of carbonyl (C=O) groups excluding carboxylic acids is 1. The van der Waals surface area contributed by atoms with Crippen LogP contribution in [-0.2, 0) is 17.6 Å². The molecule has 2 aromatic heterocycles. The summed E-state index contributed by atoms with van der Waals surface area (Å²) >= 11 is 0. The molecule has 0 saturated carbocycles. The van der Waals surface area contributed by atoms with Gasteiger partial charge in [-0.25, -0.2) is 9.97 Å². The van der Waals surface area contributed by atoms with Gasteiger partial charge in [0.15, 0.2) is 11.6 Å². The minimum atomic E-state index is -0.169. The first kappa shape index (κ1) is 20.9. The van der Waals surface area contributed by atoms with E-state index in [9.17, 15) is 4.79 Å². The van der Waals surface area contributed by atoms with E-state index < -0.39 is 0 Å². The maximum absolute atomic E-state index is 13.2. The van der Waals surface area contributed by atoms with Crippen LogP contribution >= 0.6 is 0 Å². The number of hydrogen-bond acceptors (Lipinski definition) is 7. The highest BCUT2D eigenvalue weighted by molar-refractivity contribution is 6.00. The van der Waals surface area contributed by atoms with Gasteiger partial charge in [-0.1, -0.05) is 25.1 Å². The maximum atomic E-state index is 13.2. The lowest BCUT2D eigenvalue weighted by Gasteiger charge is -2.30. The van der Waals surface area contributed by atoms with Crippen LogP contribution in [0.1, 0.15) is 34.1 Å². The Morgan fingerprint density at radius 1 is 1.19 bits per heavy atom. The SMILES string of the molecule is CCc1ccc(-c2cnc(N)c(C(=O)Cc3cnccc3N3CCOCC3)n2)c(C)c1. The molecule has 0 spiro atoms. The number of Topliss-reactive ketones (excluding diaryl/α,β-unsaturated/α-hetero) is 1. The van der Waals surface area contributed by atoms with Gasteiger partial charge in [0.2, 0.25) is 0 Å². The number of aryl methyl sites for hydroxylation is 2. The van der Waals surface area contributed by atoms with E-state index >= 15 is 0 Å². The lowest BCUT2D eigenvalue weighted by molar-refractivity contribution is 0.0988. The number of nitrogens with zero attached hydrogens (tertiary/aromatic N) is 4. The molecule has 0 aliphatic carbocycles. The average molecular weight is 418 g/mol. The van der Waals surface area contributed by atoms with Crippen molar-refractivity contribution in [3.63, 3.8) is 0 Å². The van der Waals surface area contributed by atoms with Crippen LogP contribution in [0.2, 0.25) is 0 Å². The number of nitrogens with two attached hydrogens (primary N) is 1. The van der Waals surface area contributed by atoms with Gasteiger partial charge in [0, 0.05) is 48.7 Å². The molecule has 1 fully saturated rings. The van der Waals surface area contributed by atoms with Crippen molar-refractivity contribution in [3.05, 3.63) is 65.2 Å². The monoisotopic (exact) mass is 417 g/mol. The average Bonchev–Trinajstić information content (AvgIpc) is 2.80. The predicted octanol–water partition coefficient (Wildman–Crippen LogP) is 3.25. The Morgan fingerprint density at radius 3 is 2.74 bits per heavy atom. The number of aromatic nitrogens is 3. The van der Waals surface area contributed by atoms with Gasteiger partial charge in [0.1, 0.15) is 5.69 Å². The molecule has 7 nitrogen and oxygen atoms in total. The highest BCUT2D eigenvalue weighted by atomic mass is 16.5. The second-order valence-electron chi connectivity index (χ2n) is 7.70. The molecule has 1 aromatic carbocycles. The number of ketones is 1. The van der Waals surface area contributed by atoms with E-state index in [-0.39, 0.29) is 23.7 Å². The van der Waals surface area contributed by atoms with Gasteiger partial charge in [-0.05, 0) is 30.5 Å². The minimum Gasteiger partial charge on any atom is -0.382 e. The lowest BCUT2D eigenvalue weighted by Crippen LogP contribution is -2.37. The van der Waals surface area contributed by atoms with Crippen LogP contribution < -0.4 is 10.6 Å². The minimum absolute atomic E-state index is 0.147. The summed E-state index contributed by atoms with van der Waals surface area (Å²) in [5, 5.41) is 0. The number of pyridine rings is 1. The van der Waals surface area contributed by atoms with Crippen molar-refractivity contribution >= 4 is 17.3 Å². The highest BCUT2D eigenvalue weighted by Gasteiger charge is 2.20.